The summed E-state index contributed by atoms with van der Waals surface area (Å²) < 4.78 is 3.69. The molecule has 1 N–H and O–H groups in total. The Hall–Kier alpha value is -2.35. The SMILES string of the molecule is C=CSc1c[c-]c(-c2ncnc3c2sc2cc4sccc4cc23)cc1C(C)(C)C.CCC(C)(CC)C(=O)/C=C(\O)C(C)(CC)CC.[Ir]. The van der Waals surface area contributed by atoms with Crippen molar-refractivity contribution < 1.29 is 30.0 Å². The number of allylic oxidation sites excluding steroid dienone is 2. The molecule has 0 saturated carbocycles. The smallest absolute Gasteiger partial charge is 0.164 e. The molecule has 0 spiro atoms. The second kappa shape index (κ2) is 15.9. The molecule has 0 aliphatic heterocycles. The number of carbonyl (C=O) groups excluding carboxylic acids is 1. The maximum Gasteiger partial charge on any atom is 0.164 e. The molecule has 0 amide bonds. The van der Waals surface area contributed by atoms with Crippen molar-refractivity contribution in [1.82, 2.24) is 9.97 Å². The number of carbonyl (C=O) groups is 1. The van der Waals surface area contributed by atoms with E-state index in [1.165, 1.54) is 36.7 Å². The first-order valence-corrected chi connectivity index (χ1v) is 18.7. The molecular formula is C39H47IrN2O2S3-. The molecule has 1 radical (unpaired) electrons. The van der Waals surface area contributed by atoms with Gasteiger partial charge in [0.15, 0.2) is 5.78 Å². The van der Waals surface area contributed by atoms with Gasteiger partial charge in [-0.3, -0.25) is 9.78 Å². The third kappa shape index (κ3) is 8.28. The first-order chi connectivity index (χ1) is 21.7. The van der Waals surface area contributed by atoms with Gasteiger partial charge in [0, 0.05) is 62.2 Å². The predicted octanol–water partition coefficient (Wildman–Crippen LogP) is 12.7. The van der Waals surface area contributed by atoms with Crippen LogP contribution in [-0.4, -0.2) is 20.9 Å². The van der Waals surface area contributed by atoms with Gasteiger partial charge in [0.05, 0.1) is 5.52 Å². The summed E-state index contributed by atoms with van der Waals surface area (Å²) in [5.74, 6) is 0.286. The maximum absolute atomic E-state index is 12.2. The number of ketones is 1. The van der Waals surface area contributed by atoms with Crippen LogP contribution in [0.1, 0.15) is 93.6 Å². The standard InChI is InChI=1S/C24H19N2S3.C15H28O2.Ir/c1-5-27-18-7-6-15(11-17(18)24(2,3)4)21-23-22(26-13-25-21)16-10-14-8-9-28-19(14)12-20(16)29-23;1-7-14(5,8-2)12(16)11-13(17)15(6,9-3)10-4;/h5,7-13H,1H2,2-4H3;11,16H,7-10H2,1-6H3;/q-1;;/b;12-11-;. The number of thioether (sulfide) groups is 1. The largest absolute Gasteiger partial charge is 0.512 e. The molecule has 5 aromatic rings. The Morgan fingerprint density at radius 1 is 0.979 bits per heavy atom. The summed E-state index contributed by atoms with van der Waals surface area (Å²) in [6.45, 7) is 22.7. The van der Waals surface area contributed by atoms with Crippen LogP contribution in [0, 0.1) is 16.9 Å². The average Bonchev–Trinajstić information content (AvgIpc) is 3.66. The number of benzene rings is 2. The summed E-state index contributed by atoms with van der Waals surface area (Å²) in [6.07, 6.45) is 6.43. The molecule has 0 atom stereocenters. The zero-order valence-corrected chi connectivity index (χ0v) is 33.9. The molecule has 0 unspecified atom stereocenters. The fraction of sp³-hybridized carbons (Fsp3) is 0.410. The van der Waals surface area contributed by atoms with Crippen molar-refractivity contribution in [3.8, 4) is 11.3 Å². The molecule has 8 heteroatoms. The van der Waals surface area contributed by atoms with Crippen molar-refractivity contribution in [2.24, 2.45) is 10.8 Å². The van der Waals surface area contributed by atoms with Gasteiger partial charge >= 0.3 is 0 Å². The van der Waals surface area contributed by atoms with Gasteiger partial charge < -0.3 is 5.11 Å². The Balaban J connectivity index is 0.000000290. The van der Waals surface area contributed by atoms with Crippen LogP contribution in [-0.2, 0) is 30.3 Å². The van der Waals surface area contributed by atoms with Crippen molar-refractivity contribution in [2.45, 2.75) is 98.3 Å². The number of rotatable bonds is 10. The molecule has 253 valence electrons. The van der Waals surface area contributed by atoms with Crippen LogP contribution in [0.3, 0.4) is 0 Å². The van der Waals surface area contributed by atoms with Crippen molar-refractivity contribution in [3.63, 3.8) is 0 Å². The fourth-order valence-electron chi connectivity index (χ4n) is 5.30. The van der Waals surface area contributed by atoms with Crippen LogP contribution in [0.4, 0.5) is 0 Å². The van der Waals surface area contributed by atoms with Crippen LogP contribution in [0.25, 0.3) is 41.6 Å². The second-order valence-corrected chi connectivity index (χ2v) is 16.4. The number of hydrogen-bond acceptors (Lipinski definition) is 7. The van der Waals surface area contributed by atoms with E-state index in [1.54, 1.807) is 40.8 Å². The minimum Gasteiger partial charge on any atom is -0.512 e. The number of hydrogen-bond donors (Lipinski definition) is 1. The van der Waals surface area contributed by atoms with Crippen LogP contribution < -0.4 is 0 Å². The van der Waals surface area contributed by atoms with E-state index in [9.17, 15) is 9.90 Å². The number of nitrogens with zero attached hydrogens (tertiary/aromatic N) is 2. The quantitative estimate of drug-likeness (QED) is 0.0656. The van der Waals surface area contributed by atoms with Gasteiger partial charge in [-0.25, -0.2) is 4.98 Å². The zero-order chi connectivity index (χ0) is 33.9. The molecule has 3 aromatic heterocycles. The van der Waals surface area contributed by atoms with Crippen LogP contribution in [0.5, 0.6) is 0 Å². The molecule has 5 rings (SSSR count). The van der Waals surface area contributed by atoms with Crippen molar-refractivity contribution >= 4 is 70.6 Å². The van der Waals surface area contributed by atoms with Crippen LogP contribution in [0.15, 0.2) is 70.8 Å². The molecule has 0 fully saturated rings. The summed E-state index contributed by atoms with van der Waals surface area (Å²) in [6, 6.07) is 14.5. The number of aliphatic hydroxyl groups is 1. The van der Waals surface area contributed by atoms with Crippen LogP contribution >= 0.6 is 34.4 Å². The van der Waals surface area contributed by atoms with Gasteiger partial charge in [-0.15, -0.1) is 52.0 Å². The Labute approximate surface area is 306 Å². The fourth-order valence-corrected chi connectivity index (χ4v) is 8.16. The molecular weight excluding hydrogens is 817 g/mol. The first-order valence-electron chi connectivity index (χ1n) is 16.1. The summed E-state index contributed by atoms with van der Waals surface area (Å²) in [7, 11) is 0. The topological polar surface area (TPSA) is 63.1 Å². The van der Waals surface area contributed by atoms with Crippen molar-refractivity contribution in [1.29, 1.82) is 0 Å². The van der Waals surface area contributed by atoms with Gasteiger partial charge in [0.25, 0.3) is 0 Å². The zero-order valence-electron chi connectivity index (χ0n) is 29.0. The van der Waals surface area contributed by atoms with Gasteiger partial charge in [0.1, 0.15) is 12.1 Å². The molecule has 47 heavy (non-hydrogen) atoms. The van der Waals surface area contributed by atoms with Gasteiger partial charge in [-0.2, -0.15) is 11.8 Å². The Bertz CT molecular complexity index is 1890. The van der Waals surface area contributed by atoms with Crippen molar-refractivity contribution in [2.75, 3.05) is 0 Å². The van der Waals surface area contributed by atoms with E-state index < -0.39 is 0 Å². The second-order valence-electron chi connectivity index (χ2n) is 13.4. The van der Waals surface area contributed by atoms with E-state index in [4.69, 9.17) is 0 Å². The minimum atomic E-state index is -0.337. The molecule has 0 saturated heterocycles. The Kier molecular flexibility index (Phi) is 13.2. The predicted molar refractivity (Wildman–Crippen MR) is 202 cm³/mol. The Morgan fingerprint density at radius 3 is 2.23 bits per heavy atom. The minimum absolute atomic E-state index is 0. The number of aromatic nitrogens is 2. The molecule has 2 aromatic carbocycles. The number of aliphatic hydroxyl groups excluding tert-OH is 1. The molecule has 0 aliphatic carbocycles. The third-order valence-electron chi connectivity index (χ3n) is 9.61. The number of fused-ring (bicyclic) bond motifs is 4. The monoisotopic (exact) mass is 864 g/mol. The van der Waals surface area contributed by atoms with Crippen LogP contribution in [0.2, 0.25) is 0 Å². The molecule has 4 nitrogen and oxygen atoms in total. The maximum atomic E-state index is 12.2. The van der Waals surface area contributed by atoms with Crippen molar-refractivity contribution in [3.05, 3.63) is 77.5 Å². The van der Waals surface area contributed by atoms with E-state index in [-0.39, 0.29) is 47.9 Å². The average molecular weight is 864 g/mol. The van der Waals surface area contributed by atoms with Gasteiger partial charge in [-0.05, 0) is 65.5 Å². The Morgan fingerprint density at radius 2 is 1.64 bits per heavy atom. The summed E-state index contributed by atoms with van der Waals surface area (Å²) >= 11 is 5.19. The molecule has 3 heterocycles. The first kappa shape index (κ1) is 39.1. The van der Waals surface area contributed by atoms with Gasteiger partial charge in [-0.1, -0.05) is 73.8 Å². The molecule has 0 bridgehead atoms. The summed E-state index contributed by atoms with van der Waals surface area (Å²) in [5.41, 5.74) is 3.70. The van der Waals surface area contributed by atoms with Gasteiger partial charge in [0.2, 0.25) is 0 Å². The van der Waals surface area contributed by atoms with E-state index in [0.717, 1.165) is 47.2 Å². The summed E-state index contributed by atoms with van der Waals surface area (Å²) in [4.78, 5) is 22.7. The molecule has 0 aliphatic rings. The third-order valence-corrected chi connectivity index (χ3v) is 12.4. The van der Waals surface area contributed by atoms with E-state index >= 15 is 0 Å². The summed E-state index contributed by atoms with van der Waals surface area (Å²) in [5, 5.41) is 16.6. The van der Waals surface area contributed by atoms with E-state index in [1.807, 2.05) is 47.0 Å². The van der Waals surface area contributed by atoms with E-state index in [2.05, 4.69) is 79.1 Å². The normalized spacial score (nSPS) is 12.6. The van der Waals surface area contributed by atoms with E-state index in [0.29, 0.717) is 0 Å². The number of thiophene rings is 2.